The largest absolute Gasteiger partial charge is 0.479 e. The predicted molar refractivity (Wildman–Crippen MR) is 85.0 cm³/mol. The second-order valence-corrected chi connectivity index (χ2v) is 5.38. The van der Waals surface area contributed by atoms with Gasteiger partial charge >= 0.3 is 0 Å². The Bertz CT molecular complexity index is 537. The fourth-order valence-corrected chi connectivity index (χ4v) is 2.37. The number of ether oxygens (including phenoxy) is 1. The highest BCUT2D eigenvalue weighted by molar-refractivity contribution is 5.96. The van der Waals surface area contributed by atoms with E-state index < -0.39 is 23.3 Å². The average Bonchev–Trinajstić information content (AvgIpc) is 2.55. The molecule has 1 aliphatic carbocycles. The summed E-state index contributed by atoms with van der Waals surface area (Å²) in [4.78, 5) is 12.0. The number of allylic oxidation sites excluding steroid dienone is 1. The van der Waals surface area contributed by atoms with Gasteiger partial charge in [0, 0.05) is 6.54 Å². The summed E-state index contributed by atoms with van der Waals surface area (Å²) in [6.45, 7) is 3.54. The van der Waals surface area contributed by atoms with Crippen LogP contribution in [-0.2, 0) is 9.53 Å². The number of halogens is 2. The number of hydrogen-bond acceptors (Lipinski definition) is 3. The molecule has 0 unspecified atom stereocenters. The molecule has 4 nitrogen and oxygen atoms in total. The van der Waals surface area contributed by atoms with Crippen LogP contribution in [-0.4, -0.2) is 19.1 Å². The van der Waals surface area contributed by atoms with E-state index in [4.69, 9.17) is 16.9 Å². The lowest BCUT2D eigenvalue weighted by Crippen LogP contribution is -2.31. The molecule has 0 bridgehead atoms. The fraction of sp³-hybridized carbons (Fsp3) is 0.471. The molecule has 3 N–H and O–H groups in total. The van der Waals surface area contributed by atoms with E-state index >= 15 is 0 Å². The zero-order valence-corrected chi connectivity index (χ0v) is 13.0. The van der Waals surface area contributed by atoms with Gasteiger partial charge in [-0.15, -0.1) is 6.42 Å². The molecule has 126 valence electrons. The van der Waals surface area contributed by atoms with Gasteiger partial charge in [-0.25, -0.2) is 4.39 Å². The molecular weight excluding hydrogens is 302 g/mol. The second-order valence-electron chi connectivity index (χ2n) is 5.38. The van der Waals surface area contributed by atoms with Crippen molar-refractivity contribution in [1.82, 2.24) is 5.32 Å². The van der Waals surface area contributed by atoms with E-state index in [-0.39, 0.29) is 12.4 Å². The number of amides is 1. The molecule has 1 aliphatic rings. The monoisotopic (exact) mass is 324 g/mol. The maximum atomic E-state index is 13.8. The number of terminal acetylenes is 1. The summed E-state index contributed by atoms with van der Waals surface area (Å²) in [6, 6.07) is 0. The Morgan fingerprint density at radius 2 is 2.04 bits per heavy atom. The molecule has 1 rings (SSSR count). The van der Waals surface area contributed by atoms with E-state index in [1.54, 1.807) is 0 Å². The first-order valence-electron chi connectivity index (χ1n) is 7.51. The van der Waals surface area contributed by atoms with Crippen LogP contribution in [0.1, 0.15) is 32.1 Å². The van der Waals surface area contributed by atoms with Gasteiger partial charge in [0.25, 0.3) is 5.91 Å². The summed E-state index contributed by atoms with van der Waals surface area (Å²) in [6.07, 6.45) is 11.1. The standard InChI is InChI=1S/C17H22F2N2O2/c1-3-9-23-12(2)15(18)10-14(16(19)20)17(22)21-11-13-7-5-4-6-8-13/h1,10,13H,2,4-9,11,20H2,(H,21,22)/b15-10+,16-14+. The molecule has 0 aliphatic heterocycles. The van der Waals surface area contributed by atoms with Crippen molar-refractivity contribution in [1.29, 1.82) is 0 Å². The normalized spacial score (nSPS) is 17.0. The van der Waals surface area contributed by atoms with Crippen LogP contribution in [0.2, 0.25) is 0 Å². The molecule has 0 aromatic rings. The molecule has 0 aromatic heterocycles. The lowest BCUT2D eigenvalue weighted by molar-refractivity contribution is -0.117. The number of rotatable bonds is 7. The van der Waals surface area contributed by atoms with Crippen LogP contribution >= 0.6 is 0 Å². The van der Waals surface area contributed by atoms with Gasteiger partial charge in [0.2, 0.25) is 0 Å². The minimum absolute atomic E-state index is 0.182. The van der Waals surface area contributed by atoms with Crippen LogP contribution in [0.15, 0.2) is 35.8 Å². The highest BCUT2D eigenvalue weighted by atomic mass is 19.1. The summed E-state index contributed by atoms with van der Waals surface area (Å²) in [7, 11) is 0. The molecule has 0 heterocycles. The molecule has 0 spiro atoms. The maximum Gasteiger partial charge on any atom is 0.255 e. The van der Waals surface area contributed by atoms with E-state index in [1.807, 2.05) is 0 Å². The van der Waals surface area contributed by atoms with Crippen LogP contribution in [0.5, 0.6) is 0 Å². The van der Waals surface area contributed by atoms with E-state index in [1.165, 1.54) is 6.42 Å². The van der Waals surface area contributed by atoms with Crippen molar-refractivity contribution in [2.24, 2.45) is 11.7 Å². The summed E-state index contributed by atoms with van der Waals surface area (Å²) in [5.41, 5.74) is 4.44. The zero-order chi connectivity index (χ0) is 17.2. The third-order valence-electron chi connectivity index (χ3n) is 3.65. The number of carbonyl (C=O) groups is 1. The minimum atomic E-state index is -1.27. The summed E-state index contributed by atoms with van der Waals surface area (Å²) >= 11 is 0. The molecule has 0 radical (unpaired) electrons. The second kappa shape index (κ2) is 9.67. The van der Waals surface area contributed by atoms with E-state index in [2.05, 4.69) is 17.8 Å². The van der Waals surface area contributed by atoms with Gasteiger partial charge in [-0.1, -0.05) is 31.8 Å². The molecule has 23 heavy (non-hydrogen) atoms. The fourth-order valence-electron chi connectivity index (χ4n) is 2.37. The number of nitrogens with one attached hydrogen (secondary N) is 1. The highest BCUT2D eigenvalue weighted by Gasteiger charge is 2.18. The van der Waals surface area contributed by atoms with Crippen molar-refractivity contribution < 1.29 is 18.3 Å². The van der Waals surface area contributed by atoms with Gasteiger partial charge in [0.05, 0.1) is 5.57 Å². The quantitative estimate of drug-likeness (QED) is 0.249. The lowest BCUT2D eigenvalue weighted by Gasteiger charge is -2.21. The first-order chi connectivity index (χ1) is 11.0. The molecule has 6 heteroatoms. The van der Waals surface area contributed by atoms with E-state index in [9.17, 15) is 13.6 Å². The molecule has 1 fully saturated rings. The smallest absolute Gasteiger partial charge is 0.255 e. The van der Waals surface area contributed by atoms with Gasteiger partial charge in [-0.05, 0) is 24.8 Å². The van der Waals surface area contributed by atoms with Gasteiger partial charge < -0.3 is 15.8 Å². The Morgan fingerprint density at radius 3 is 2.61 bits per heavy atom. The first-order valence-corrected chi connectivity index (χ1v) is 7.51. The van der Waals surface area contributed by atoms with Gasteiger partial charge in [-0.2, -0.15) is 4.39 Å². The molecule has 0 atom stereocenters. The highest BCUT2D eigenvalue weighted by Crippen LogP contribution is 2.23. The van der Waals surface area contributed by atoms with Crippen molar-refractivity contribution in [2.75, 3.05) is 13.2 Å². The molecule has 1 amide bonds. The Labute approximate surface area is 135 Å². The van der Waals surface area contributed by atoms with Crippen molar-refractivity contribution in [3.8, 4) is 12.3 Å². The molecule has 0 saturated heterocycles. The minimum Gasteiger partial charge on any atom is -0.479 e. The van der Waals surface area contributed by atoms with Crippen LogP contribution in [0.3, 0.4) is 0 Å². The molecular formula is C17H22F2N2O2. The summed E-state index contributed by atoms with van der Waals surface area (Å²) in [5, 5.41) is 2.59. The Balaban J connectivity index is 2.66. The first kappa shape index (κ1) is 18.8. The van der Waals surface area contributed by atoms with E-state index in [0.717, 1.165) is 25.7 Å². The number of nitrogens with two attached hydrogens (primary N) is 1. The predicted octanol–water partition coefficient (Wildman–Crippen LogP) is 2.84. The summed E-state index contributed by atoms with van der Waals surface area (Å²) < 4.78 is 31.9. The van der Waals surface area contributed by atoms with Crippen molar-refractivity contribution in [3.05, 3.63) is 35.8 Å². The zero-order valence-electron chi connectivity index (χ0n) is 13.0. The van der Waals surface area contributed by atoms with Crippen LogP contribution in [0, 0.1) is 18.3 Å². The average molecular weight is 324 g/mol. The summed E-state index contributed by atoms with van der Waals surface area (Å²) in [5.74, 6) is -0.937. The molecule has 1 saturated carbocycles. The Morgan fingerprint density at radius 1 is 1.39 bits per heavy atom. The van der Waals surface area contributed by atoms with Crippen LogP contribution < -0.4 is 11.1 Å². The van der Waals surface area contributed by atoms with Gasteiger partial charge in [-0.3, -0.25) is 4.79 Å². The van der Waals surface area contributed by atoms with Crippen LogP contribution in [0.25, 0.3) is 0 Å². The Hall–Kier alpha value is -2.29. The topological polar surface area (TPSA) is 64.3 Å². The number of carbonyl (C=O) groups excluding carboxylic acids is 1. The third kappa shape index (κ3) is 6.55. The lowest BCUT2D eigenvalue weighted by atomic mass is 9.89. The van der Waals surface area contributed by atoms with Crippen LogP contribution in [0.4, 0.5) is 8.78 Å². The number of hydrogen-bond donors (Lipinski definition) is 2. The van der Waals surface area contributed by atoms with Gasteiger partial charge in [0.1, 0.15) is 12.4 Å². The maximum absolute atomic E-state index is 13.8. The SMILES string of the molecule is C#CCOC(=C)/C(F)=C\C(C(=O)NCC1CCCCC1)=C(/N)F. The van der Waals surface area contributed by atoms with Crippen molar-refractivity contribution in [2.45, 2.75) is 32.1 Å². The van der Waals surface area contributed by atoms with E-state index in [0.29, 0.717) is 18.5 Å². The Kier molecular flexibility index (Phi) is 7.89. The third-order valence-corrected chi connectivity index (χ3v) is 3.65. The van der Waals surface area contributed by atoms with Gasteiger partial charge in [0.15, 0.2) is 11.8 Å². The van der Waals surface area contributed by atoms with Crippen molar-refractivity contribution >= 4 is 5.91 Å². The molecule has 0 aromatic carbocycles. The van der Waals surface area contributed by atoms with Crippen molar-refractivity contribution in [3.63, 3.8) is 0 Å².